The van der Waals surface area contributed by atoms with E-state index in [4.69, 9.17) is 39.3 Å². The highest BCUT2D eigenvalue weighted by Gasteiger charge is 2.26. The maximum absolute atomic E-state index is 12.6. The molecule has 3 aromatic rings. The van der Waals surface area contributed by atoms with Crippen LogP contribution in [-0.4, -0.2) is 34.0 Å². The van der Waals surface area contributed by atoms with Gasteiger partial charge in [0.25, 0.3) is 0 Å². The van der Waals surface area contributed by atoms with E-state index in [1.165, 1.54) is 6.07 Å². The topological polar surface area (TPSA) is 71.3 Å². The van der Waals surface area contributed by atoms with Crippen LogP contribution in [0.5, 0.6) is 0 Å². The number of rotatable bonds is 5. The second kappa shape index (κ2) is 9.02. The number of nitrogens with one attached hydrogen (secondary N) is 1. The van der Waals surface area contributed by atoms with Crippen LogP contribution in [0.25, 0.3) is 10.7 Å². The van der Waals surface area contributed by atoms with E-state index in [-0.39, 0.29) is 11.8 Å². The van der Waals surface area contributed by atoms with Gasteiger partial charge in [-0.3, -0.25) is 9.69 Å². The minimum absolute atomic E-state index is 0.0669. The van der Waals surface area contributed by atoms with Crippen LogP contribution in [0.1, 0.15) is 18.7 Å². The summed E-state index contributed by atoms with van der Waals surface area (Å²) in [7, 11) is 0. The fraction of sp³-hybridized carbons (Fsp3) is 0.316. The first-order chi connectivity index (χ1) is 14.0. The number of hydrogen-bond donors (Lipinski definition) is 1. The Labute approximate surface area is 186 Å². The van der Waals surface area contributed by atoms with Gasteiger partial charge in [-0.05, 0) is 49.5 Å². The number of piperidine rings is 1. The van der Waals surface area contributed by atoms with Crippen molar-refractivity contribution in [3.05, 3.63) is 50.6 Å². The monoisotopic (exact) mass is 470 g/mol. The summed E-state index contributed by atoms with van der Waals surface area (Å²) >= 11 is 19.7. The summed E-state index contributed by atoms with van der Waals surface area (Å²) in [6, 6.07) is 7.01. The number of amides is 1. The van der Waals surface area contributed by atoms with Gasteiger partial charge in [-0.1, -0.05) is 46.0 Å². The smallest absolute Gasteiger partial charge is 0.241 e. The molecule has 1 aliphatic heterocycles. The van der Waals surface area contributed by atoms with Gasteiger partial charge in [-0.2, -0.15) is 4.98 Å². The second-order valence-electron chi connectivity index (χ2n) is 6.77. The number of carbonyl (C=O) groups is 1. The molecule has 6 nitrogen and oxygen atoms in total. The third kappa shape index (κ3) is 4.92. The lowest BCUT2D eigenvalue weighted by atomic mass is 9.96. The molecule has 1 amide bonds. The van der Waals surface area contributed by atoms with Crippen LogP contribution in [0.3, 0.4) is 0 Å². The van der Waals surface area contributed by atoms with Crippen molar-refractivity contribution in [3.63, 3.8) is 0 Å². The van der Waals surface area contributed by atoms with E-state index in [9.17, 15) is 4.79 Å². The summed E-state index contributed by atoms with van der Waals surface area (Å²) in [6.45, 7) is 2.11. The van der Waals surface area contributed by atoms with Crippen LogP contribution >= 0.6 is 46.1 Å². The number of likely N-dealkylation sites (tertiary alicyclic amines) is 1. The molecule has 0 atom stereocenters. The Kier molecular flexibility index (Phi) is 6.41. The Bertz CT molecular complexity index is 1000. The number of halogens is 3. The van der Waals surface area contributed by atoms with Crippen molar-refractivity contribution in [2.24, 2.45) is 5.92 Å². The molecular weight excluding hydrogens is 455 g/mol. The van der Waals surface area contributed by atoms with Crippen molar-refractivity contribution in [2.45, 2.75) is 19.4 Å². The summed E-state index contributed by atoms with van der Waals surface area (Å²) < 4.78 is 5.37. The van der Waals surface area contributed by atoms with Gasteiger partial charge in [0.2, 0.25) is 17.6 Å². The SMILES string of the molecule is O=C(Nc1cc(Cl)c(Cl)cc1Cl)C1CCN(Cc2nc(-c3cccs3)no2)CC1. The van der Waals surface area contributed by atoms with Crippen molar-refractivity contribution < 1.29 is 9.32 Å². The van der Waals surface area contributed by atoms with Gasteiger partial charge in [0.15, 0.2) is 0 Å². The summed E-state index contributed by atoms with van der Waals surface area (Å²) in [5, 5.41) is 9.94. The molecule has 1 aliphatic rings. The highest BCUT2D eigenvalue weighted by molar-refractivity contribution is 7.13. The average Bonchev–Trinajstić information content (AvgIpc) is 3.38. The minimum Gasteiger partial charge on any atom is -0.338 e. The standard InChI is InChI=1S/C19H17Cl3N4O2S/c20-12-8-14(22)15(9-13(12)21)23-19(27)11-3-5-26(6-4-11)10-17-24-18(25-28-17)16-2-1-7-29-16/h1-2,7-9,11H,3-6,10H2,(H,23,27). The van der Waals surface area contributed by atoms with Crippen LogP contribution in [0.2, 0.25) is 15.1 Å². The first kappa shape index (κ1) is 20.6. The third-order valence-corrected chi connectivity index (χ3v) is 6.70. The highest BCUT2D eigenvalue weighted by Crippen LogP contribution is 2.33. The van der Waals surface area contributed by atoms with Gasteiger partial charge in [0.1, 0.15) is 0 Å². The maximum atomic E-state index is 12.6. The molecule has 29 heavy (non-hydrogen) atoms. The normalized spacial score (nSPS) is 15.6. The first-order valence-electron chi connectivity index (χ1n) is 9.04. The van der Waals surface area contributed by atoms with Crippen molar-refractivity contribution >= 4 is 57.7 Å². The molecular formula is C19H17Cl3N4O2S. The van der Waals surface area contributed by atoms with E-state index in [1.807, 2.05) is 17.5 Å². The van der Waals surface area contributed by atoms with Crippen LogP contribution in [0.4, 0.5) is 5.69 Å². The summed E-state index contributed by atoms with van der Waals surface area (Å²) in [4.78, 5) is 20.3. The third-order valence-electron chi connectivity index (χ3n) is 4.79. The molecule has 10 heteroatoms. The number of aromatic nitrogens is 2. The largest absolute Gasteiger partial charge is 0.338 e. The minimum atomic E-state index is -0.0962. The molecule has 1 aromatic carbocycles. The van der Waals surface area contributed by atoms with E-state index >= 15 is 0 Å². The number of nitrogens with zero attached hydrogens (tertiary/aromatic N) is 3. The Morgan fingerprint density at radius 2 is 1.97 bits per heavy atom. The number of carbonyl (C=O) groups excluding carboxylic acids is 1. The molecule has 0 unspecified atom stereocenters. The number of thiophene rings is 1. The Hall–Kier alpha value is -1.64. The van der Waals surface area contributed by atoms with Crippen LogP contribution < -0.4 is 5.32 Å². The van der Waals surface area contributed by atoms with E-state index in [2.05, 4.69) is 20.4 Å². The van der Waals surface area contributed by atoms with Gasteiger partial charge in [0, 0.05) is 5.92 Å². The predicted molar refractivity (Wildman–Crippen MR) is 116 cm³/mol. The quantitative estimate of drug-likeness (QED) is 0.490. The van der Waals surface area contributed by atoms with Crippen LogP contribution in [-0.2, 0) is 11.3 Å². The van der Waals surface area contributed by atoms with E-state index in [1.54, 1.807) is 17.4 Å². The maximum Gasteiger partial charge on any atom is 0.241 e. The number of hydrogen-bond acceptors (Lipinski definition) is 6. The molecule has 2 aromatic heterocycles. The van der Waals surface area contributed by atoms with E-state index in [0.717, 1.165) is 30.8 Å². The molecule has 0 spiro atoms. The van der Waals surface area contributed by atoms with Gasteiger partial charge in [-0.25, -0.2) is 0 Å². The van der Waals surface area contributed by atoms with Crippen molar-refractivity contribution in [2.75, 3.05) is 18.4 Å². The Balaban J connectivity index is 1.30. The molecule has 0 bridgehead atoms. The number of benzene rings is 1. The van der Waals surface area contributed by atoms with Crippen LogP contribution in [0, 0.1) is 5.92 Å². The summed E-state index contributed by atoms with van der Waals surface area (Å²) in [5.74, 6) is 1.03. The molecule has 152 valence electrons. The molecule has 1 saturated heterocycles. The molecule has 4 rings (SSSR count). The van der Waals surface area contributed by atoms with E-state index in [0.29, 0.717) is 39.0 Å². The second-order valence-corrected chi connectivity index (χ2v) is 8.94. The lowest BCUT2D eigenvalue weighted by molar-refractivity contribution is -0.121. The lowest BCUT2D eigenvalue weighted by Gasteiger charge is -2.30. The lowest BCUT2D eigenvalue weighted by Crippen LogP contribution is -2.37. The Morgan fingerprint density at radius 1 is 1.21 bits per heavy atom. The van der Waals surface area contributed by atoms with Crippen molar-refractivity contribution in [3.8, 4) is 10.7 Å². The fourth-order valence-electron chi connectivity index (χ4n) is 3.22. The van der Waals surface area contributed by atoms with Crippen molar-refractivity contribution in [1.82, 2.24) is 15.0 Å². The average molecular weight is 472 g/mol. The molecule has 3 heterocycles. The van der Waals surface area contributed by atoms with Gasteiger partial charge < -0.3 is 9.84 Å². The fourth-order valence-corrected chi connectivity index (χ4v) is 4.47. The molecule has 0 radical (unpaired) electrons. The zero-order valence-corrected chi connectivity index (χ0v) is 18.3. The first-order valence-corrected chi connectivity index (χ1v) is 11.0. The molecule has 0 aliphatic carbocycles. The van der Waals surface area contributed by atoms with Gasteiger partial charge in [-0.15, -0.1) is 11.3 Å². The van der Waals surface area contributed by atoms with Crippen LogP contribution in [0.15, 0.2) is 34.2 Å². The van der Waals surface area contributed by atoms with E-state index < -0.39 is 0 Å². The zero-order chi connectivity index (χ0) is 20.4. The summed E-state index contributed by atoms with van der Waals surface area (Å²) in [5.41, 5.74) is 0.473. The predicted octanol–water partition coefficient (Wildman–Crippen LogP) is 5.61. The van der Waals surface area contributed by atoms with Gasteiger partial charge >= 0.3 is 0 Å². The van der Waals surface area contributed by atoms with Crippen molar-refractivity contribution in [1.29, 1.82) is 0 Å². The highest BCUT2D eigenvalue weighted by atomic mass is 35.5. The molecule has 0 saturated carbocycles. The summed E-state index contributed by atoms with van der Waals surface area (Å²) in [6.07, 6.45) is 1.47. The van der Waals surface area contributed by atoms with Gasteiger partial charge in [0.05, 0.1) is 32.2 Å². The Morgan fingerprint density at radius 3 is 2.69 bits per heavy atom. The molecule has 1 fully saturated rings. The number of anilines is 1. The zero-order valence-electron chi connectivity index (χ0n) is 15.2. The molecule has 1 N–H and O–H groups in total.